The van der Waals surface area contributed by atoms with E-state index in [4.69, 9.17) is 18.6 Å². The molecule has 0 spiro atoms. The maximum Gasteiger partial charge on any atom is 0.340 e. The number of carbonyl (C=O) groups is 3. The van der Waals surface area contributed by atoms with Crippen molar-refractivity contribution < 1.29 is 33.0 Å². The largest absolute Gasteiger partial charge is 0.493 e. The third kappa shape index (κ3) is 6.54. The molecule has 9 nitrogen and oxygen atoms in total. The molecule has 10 heteroatoms. The van der Waals surface area contributed by atoms with Gasteiger partial charge in [0.1, 0.15) is 0 Å². The number of amides is 2. The van der Waals surface area contributed by atoms with E-state index in [0.29, 0.717) is 5.69 Å². The van der Waals surface area contributed by atoms with Gasteiger partial charge in [-0.3, -0.25) is 9.59 Å². The SMILES string of the molecule is COc1cc(NC(=O)c2ccco2)c(C(=O)OCC(=O)Nc2ccccc2Sc2ccccc2)cc1OC. The van der Waals surface area contributed by atoms with Crippen LogP contribution < -0.4 is 20.1 Å². The number of anilines is 2. The van der Waals surface area contributed by atoms with Crippen molar-refractivity contribution in [3.8, 4) is 11.5 Å². The van der Waals surface area contributed by atoms with Crippen molar-refractivity contribution >= 4 is 40.9 Å². The molecule has 0 saturated heterocycles. The van der Waals surface area contributed by atoms with Crippen LogP contribution in [0.15, 0.2) is 99.3 Å². The number of furan rings is 1. The fourth-order valence-electron chi connectivity index (χ4n) is 3.41. The second kappa shape index (κ2) is 12.5. The van der Waals surface area contributed by atoms with Crippen LogP contribution in [0.5, 0.6) is 11.5 Å². The maximum atomic E-state index is 13.0. The van der Waals surface area contributed by atoms with Crippen LogP contribution in [0, 0.1) is 0 Å². The number of hydrogen-bond donors (Lipinski definition) is 2. The zero-order chi connectivity index (χ0) is 26.9. The summed E-state index contributed by atoms with van der Waals surface area (Å²) in [6.45, 7) is -0.552. The predicted octanol–water partition coefficient (Wildman–Crippen LogP) is 5.50. The van der Waals surface area contributed by atoms with Crippen LogP contribution in [0.1, 0.15) is 20.9 Å². The lowest BCUT2D eigenvalue weighted by atomic mass is 10.1. The van der Waals surface area contributed by atoms with E-state index in [0.717, 1.165) is 9.79 Å². The Kier molecular flexibility index (Phi) is 8.68. The molecule has 0 aliphatic heterocycles. The van der Waals surface area contributed by atoms with Crippen molar-refractivity contribution in [2.45, 2.75) is 9.79 Å². The lowest BCUT2D eigenvalue weighted by molar-refractivity contribution is -0.119. The Bertz CT molecular complexity index is 1420. The third-order valence-electron chi connectivity index (χ3n) is 5.20. The minimum Gasteiger partial charge on any atom is -0.493 e. The standard InChI is InChI=1S/C28H24N2O7S/c1-34-23-15-19(21(16-24(23)35-2)30-27(32)22-12-8-14-36-22)28(33)37-17-26(31)29-20-11-6-7-13-25(20)38-18-9-4-3-5-10-18/h3-16H,17H2,1-2H3,(H,29,31)(H,30,32). The summed E-state index contributed by atoms with van der Waals surface area (Å²) >= 11 is 1.50. The van der Waals surface area contributed by atoms with Crippen molar-refractivity contribution in [2.24, 2.45) is 0 Å². The van der Waals surface area contributed by atoms with Crippen LogP contribution in [-0.2, 0) is 9.53 Å². The topological polar surface area (TPSA) is 116 Å². The molecule has 194 valence electrons. The van der Waals surface area contributed by atoms with Crippen LogP contribution in [-0.4, -0.2) is 38.6 Å². The Morgan fingerprint density at radius 3 is 2.24 bits per heavy atom. The molecule has 3 aromatic carbocycles. The van der Waals surface area contributed by atoms with Gasteiger partial charge in [-0.1, -0.05) is 42.1 Å². The van der Waals surface area contributed by atoms with Crippen LogP contribution in [0.3, 0.4) is 0 Å². The van der Waals surface area contributed by atoms with Gasteiger partial charge in [0.25, 0.3) is 11.8 Å². The van der Waals surface area contributed by atoms with Crippen molar-refractivity contribution in [1.29, 1.82) is 0 Å². The Hall–Kier alpha value is -4.70. The van der Waals surface area contributed by atoms with Crippen LogP contribution in [0.25, 0.3) is 0 Å². The van der Waals surface area contributed by atoms with Crippen LogP contribution in [0.2, 0.25) is 0 Å². The van der Waals surface area contributed by atoms with Gasteiger partial charge < -0.3 is 29.3 Å². The minimum atomic E-state index is -0.845. The van der Waals surface area contributed by atoms with E-state index in [2.05, 4.69) is 10.6 Å². The average Bonchev–Trinajstić information content (AvgIpc) is 3.48. The van der Waals surface area contributed by atoms with Gasteiger partial charge in [0.15, 0.2) is 23.9 Å². The molecule has 1 aromatic heterocycles. The van der Waals surface area contributed by atoms with Gasteiger partial charge in [-0.05, 0) is 36.4 Å². The first kappa shape index (κ1) is 26.4. The smallest absolute Gasteiger partial charge is 0.340 e. The summed E-state index contributed by atoms with van der Waals surface area (Å²) in [6.07, 6.45) is 1.35. The molecule has 4 aromatic rings. The number of ether oxygens (including phenoxy) is 3. The quantitative estimate of drug-likeness (QED) is 0.257. The van der Waals surface area contributed by atoms with Crippen molar-refractivity contribution in [2.75, 3.05) is 31.5 Å². The summed E-state index contributed by atoms with van der Waals surface area (Å²) in [4.78, 5) is 40.0. The van der Waals surface area contributed by atoms with E-state index in [9.17, 15) is 14.4 Å². The van der Waals surface area contributed by atoms with Gasteiger partial charge in [0, 0.05) is 21.9 Å². The monoisotopic (exact) mass is 532 g/mol. The Balaban J connectivity index is 1.47. The fraction of sp³-hybridized carbons (Fsp3) is 0.107. The first-order valence-corrected chi connectivity index (χ1v) is 12.2. The second-order valence-corrected chi connectivity index (χ2v) is 8.84. The van der Waals surface area contributed by atoms with Gasteiger partial charge >= 0.3 is 5.97 Å². The highest BCUT2D eigenvalue weighted by molar-refractivity contribution is 7.99. The van der Waals surface area contributed by atoms with Crippen LogP contribution >= 0.6 is 11.8 Å². The number of carbonyl (C=O) groups excluding carboxylic acids is 3. The molecule has 1 heterocycles. The van der Waals surface area contributed by atoms with Gasteiger partial charge in [0.2, 0.25) is 0 Å². The van der Waals surface area contributed by atoms with E-state index in [1.54, 1.807) is 18.2 Å². The highest BCUT2D eigenvalue weighted by atomic mass is 32.2. The first-order valence-electron chi connectivity index (χ1n) is 11.4. The van der Waals surface area contributed by atoms with Gasteiger partial charge in [0.05, 0.1) is 37.4 Å². The summed E-state index contributed by atoms with van der Waals surface area (Å²) in [7, 11) is 2.83. The fourth-order valence-corrected chi connectivity index (χ4v) is 4.34. The number of esters is 1. The average molecular weight is 533 g/mol. The zero-order valence-electron chi connectivity index (χ0n) is 20.6. The lowest BCUT2D eigenvalue weighted by Gasteiger charge is -2.15. The number of rotatable bonds is 10. The molecule has 2 amide bonds. The van der Waals surface area contributed by atoms with E-state index in [1.807, 2.05) is 42.5 Å². The van der Waals surface area contributed by atoms with Crippen molar-refractivity contribution in [3.05, 3.63) is 96.4 Å². The molecular formula is C28H24N2O7S. The van der Waals surface area contributed by atoms with Gasteiger partial charge in [-0.2, -0.15) is 0 Å². The Morgan fingerprint density at radius 2 is 1.53 bits per heavy atom. The molecule has 0 saturated carbocycles. The molecule has 0 bridgehead atoms. The molecule has 4 rings (SSSR count). The first-order chi connectivity index (χ1) is 18.5. The molecular weight excluding hydrogens is 508 g/mol. The lowest BCUT2D eigenvalue weighted by Crippen LogP contribution is -2.22. The highest BCUT2D eigenvalue weighted by Gasteiger charge is 2.22. The Morgan fingerprint density at radius 1 is 0.816 bits per heavy atom. The number of para-hydroxylation sites is 1. The summed E-state index contributed by atoms with van der Waals surface area (Å²) in [5, 5.41) is 5.39. The summed E-state index contributed by atoms with van der Waals surface area (Å²) < 4.78 is 21.0. The molecule has 38 heavy (non-hydrogen) atoms. The number of methoxy groups -OCH3 is 2. The van der Waals surface area contributed by atoms with Crippen LogP contribution in [0.4, 0.5) is 11.4 Å². The summed E-state index contributed by atoms with van der Waals surface area (Å²) in [6, 6.07) is 22.9. The number of benzene rings is 3. The van der Waals surface area contributed by atoms with Crippen molar-refractivity contribution in [3.63, 3.8) is 0 Å². The summed E-state index contributed by atoms with van der Waals surface area (Å²) in [5.41, 5.74) is 0.648. The molecule has 0 radical (unpaired) electrons. The van der Waals surface area contributed by atoms with E-state index in [1.165, 1.54) is 50.4 Å². The molecule has 0 atom stereocenters. The molecule has 2 N–H and O–H groups in total. The number of nitrogens with one attached hydrogen (secondary N) is 2. The Labute approximate surface area is 223 Å². The van der Waals surface area contributed by atoms with Crippen molar-refractivity contribution in [1.82, 2.24) is 0 Å². The highest BCUT2D eigenvalue weighted by Crippen LogP contribution is 2.35. The molecule has 0 aliphatic rings. The predicted molar refractivity (Wildman–Crippen MR) is 142 cm³/mol. The zero-order valence-corrected chi connectivity index (χ0v) is 21.4. The van der Waals surface area contributed by atoms with Gasteiger partial charge in [-0.25, -0.2) is 4.79 Å². The van der Waals surface area contributed by atoms with E-state index in [-0.39, 0.29) is 28.5 Å². The second-order valence-electron chi connectivity index (χ2n) is 7.72. The molecule has 0 fully saturated rings. The maximum absolute atomic E-state index is 13.0. The summed E-state index contributed by atoms with van der Waals surface area (Å²) in [5.74, 6) is -1.38. The molecule has 0 unspecified atom stereocenters. The molecule has 0 aliphatic carbocycles. The van der Waals surface area contributed by atoms with E-state index < -0.39 is 24.4 Å². The van der Waals surface area contributed by atoms with Gasteiger partial charge in [-0.15, -0.1) is 0 Å². The minimum absolute atomic E-state index is 0.0320. The third-order valence-corrected chi connectivity index (χ3v) is 6.29. The normalized spacial score (nSPS) is 10.4. The van der Waals surface area contributed by atoms with E-state index >= 15 is 0 Å². The number of hydrogen-bond acceptors (Lipinski definition) is 8.